The van der Waals surface area contributed by atoms with Gasteiger partial charge >= 0.3 is 0 Å². The Morgan fingerprint density at radius 1 is 1.05 bits per heavy atom. The van der Waals surface area contributed by atoms with Gasteiger partial charge < -0.3 is 0 Å². The SMILES string of the molecule is O=C(Cc1ccc(F)c(F)c1)c1cc(F)ccc1[N+](=O)[O-]. The summed E-state index contributed by atoms with van der Waals surface area (Å²) in [5, 5.41) is 10.8. The van der Waals surface area contributed by atoms with Crippen LogP contribution in [0, 0.1) is 27.6 Å². The van der Waals surface area contributed by atoms with Crippen molar-refractivity contribution in [3.05, 3.63) is 75.1 Å². The number of nitrogens with zero attached hydrogens (tertiary/aromatic N) is 1. The molecule has 0 heterocycles. The number of carbonyl (C=O) groups is 1. The van der Waals surface area contributed by atoms with Crippen LogP contribution in [-0.4, -0.2) is 10.7 Å². The third-order valence-electron chi connectivity index (χ3n) is 2.80. The molecule has 0 aliphatic heterocycles. The monoisotopic (exact) mass is 295 g/mol. The molecule has 0 aliphatic rings. The summed E-state index contributed by atoms with van der Waals surface area (Å²) in [7, 11) is 0. The predicted octanol–water partition coefficient (Wildman–Crippen LogP) is 3.44. The Morgan fingerprint density at radius 3 is 2.38 bits per heavy atom. The maximum Gasteiger partial charge on any atom is 0.280 e. The number of hydrogen-bond acceptors (Lipinski definition) is 3. The zero-order chi connectivity index (χ0) is 15.6. The third kappa shape index (κ3) is 3.25. The molecule has 2 aromatic rings. The van der Waals surface area contributed by atoms with E-state index in [4.69, 9.17) is 0 Å². The molecule has 0 N–H and O–H groups in total. The summed E-state index contributed by atoms with van der Waals surface area (Å²) in [5.41, 5.74) is -0.814. The molecule has 108 valence electrons. The van der Waals surface area contributed by atoms with Crippen molar-refractivity contribution < 1.29 is 22.9 Å². The fourth-order valence-electron chi connectivity index (χ4n) is 1.82. The molecule has 0 unspecified atom stereocenters. The second-order valence-corrected chi connectivity index (χ2v) is 4.27. The Hall–Kier alpha value is -2.70. The smallest absolute Gasteiger partial charge is 0.280 e. The number of benzene rings is 2. The minimum Gasteiger partial charge on any atom is -0.294 e. The first kappa shape index (κ1) is 14.7. The predicted molar refractivity (Wildman–Crippen MR) is 67.4 cm³/mol. The van der Waals surface area contributed by atoms with E-state index >= 15 is 0 Å². The molecule has 0 atom stereocenters. The van der Waals surface area contributed by atoms with Crippen molar-refractivity contribution >= 4 is 11.5 Å². The number of Topliss-reactive ketones (excluding diaryl/α,β-unsaturated/α-hetero) is 1. The molecule has 0 aliphatic carbocycles. The highest BCUT2D eigenvalue weighted by Crippen LogP contribution is 2.22. The summed E-state index contributed by atoms with van der Waals surface area (Å²) in [5.74, 6) is -3.75. The van der Waals surface area contributed by atoms with E-state index in [0.717, 1.165) is 30.3 Å². The van der Waals surface area contributed by atoms with Crippen molar-refractivity contribution in [1.82, 2.24) is 0 Å². The normalized spacial score (nSPS) is 10.4. The van der Waals surface area contributed by atoms with Crippen molar-refractivity contribution in [2.45, 2.75) is 6.42 Å². The lowest BCUT2D eigenvalue weighted by atomic mass is 10.0. The van der Waals surface area contributed by atoms with Gasteiger partial charge in [-0.1, -0.05) is 6.07 Å². The molecule has 0 fully saturated rings. The zero-order valence-electron chi connectivity index (χ0n) is 10.5. The van der Waals surface area contributed by atoms with Crippen molar-refractivity contribution in [3.63, 3.8) is 0 Å². The lowest BCUT2D eigenvalue weighted by Crippen LogP contribution is -2.08. The third-order valence-corrected chi connectivity index (χ3v) is 2.80. The van der Waals surface area contributed by atoms with Gasteiger partial charge in [0, 0.05) is 12.5 Å². The van der Waals surface area contributed by atoms with Crippen molar-refractivity contribution in [2.75, 3.05) is 0 Å². The number of halogens is 3. The Kier molecular flexibility index (Phi) is 4.02. The van der Waals surface area contributed by atoms with Crippen LogP contribution in [0.3, 0.4) is 0 Å². The first-order valence-corrected chi connectivity index (χ1v) is 5.79. The molecule has 0 saturated carbocycles. The fraction of sp³-hybridized carbons (Fsp3) is 0.0714. The Balaban J connectivity index is 2.34. The molecular weight excluding hydrogens is 287 g/mol. The molecule has 7 heteroatoms. The van der Waals surface area contributed by atoms with E-state index in [1.807, 2.05) is 0 Å². The molecule has 0 amide bonds. The molecule has 2 rings (SSSR count). The summed E-state index contributed by atoms with van der Waals surface area (Å²) in [6.07, 6.45) is -0.401. The van der Waals surface area contributed by atoms with Crippen molar-refractivity contribution in [3.8, 4) is 0 Å². The molecule has 21 heavy (non-hydrogen) atoms. The van der Waals surface area contributed by atoms with Crippen LogP contribution in [0.4, 0.5) is 18.9 Å². The highest BCUT2D eigenvalue weighted by atomic mass is 19.2. The first-order valence-electron chi connectivity index (χ1n) is 5.79. The van der Waals surface area contributed by atoms with E-state index < -0.39 is 45.8 Å². The van der Waals surface area contributed by atoms with Gasteiger partial charge in [0.2, 0.25) is 0 Å². The van der Waals surface area contributed by atoms with E-state index in [1.165, 1.54) is 6.07 Å². The second kappa shape index (κ2) is 5.74. The van der Waals surface area contributed by atoms with Gasteiger partial charge in [-0.2, -0.15) is 0 Å². The van der Waals surface area contributed by atoms with Gasteiger partial charge in [-0.05, 0) is 29.8 Å². The van der Waals surface area contributed by atoms with Crippen LogP contribution in [-0.2, 0) is 6.42 Å². The van der Waals surface area contributed by atoms with Crippen LogP contribution >= 0.6 is 0 Å². The highest BCUT2D eigenvalue weighted by Gasteiger charge is 2.21. The topological polar surface area (TPSA) is 60.2 Å². The average Bonchev–Trinajstić information content (AvgIpc) is 2.42. The van der Waals surface area contributed by atoms with E-state index in [9.17, 15) is 28.1 Å². The average molecular weight is 295 g/mol. The first-order chi connectivity index (χ1) is 9.88. The van der Waals surface area contributed by atoms with Gasteiger partial charge in [0.25, 0.3) is 5.69 Å². The zero-order valence-corrected chi connectivity index (χ0v) is 10.5. The Bertz CT molecular complexity index is 731. The van der Waals surface area contributed by atoms with Crippen LogP contribution in [0.5, 0.6) is 0 Å². The van der Waals surface area contributed by atoms with Crippen molar-refractivity contribution in [2.24, 2.45) is 0 Å². The Labute approximate surface area is 117 Å². The highest BCUT2D eigenvalue weighted by molar-refractivity contribution is 6.01. The summed E-state index contributed by atoms with van der Waals surface area (Å²) >= 11 is 0. The minimum absolute atomic E-state index is 0.137. The van der Waals surface area contributed by atoms with Gasteiger partial charge in [-0.15, -0.1) is 0 Å². The van der Waals surface area contributed by atoms with Gasteiger partial charge in [0.05, 0.1) is 10.5 Å². The number of nitro groups is 1. The molecule has 4 nitrogen and oxygen atoms in total. The lowest BCUT2D eigenvalue weighted by Gasteiger charge is -2.04. The molecule has 0 spiro atoms. The van der Waals surface area contributed by atoms with Crippen LogP contribution in [0.25, 0.3) is 0 Å². The van der Waals surface area contributed by atoms with Gasteiger partial charge in [-0.25, -0.2) is 13.2 Å². The second-order valence-electron chi connectivity index (χ2n) is 4.27. The summed E-state index contributed by atoms with van der Waals surface area (Å²) in [4.78, 5) is 22.0. The fourth-order valence-corrected chi connectivity index (χ4v) is 1.82. The maximum absolute atomic E-state index is 13.1. The number of hydrogen-bond donors (Lipinski definition) is 0. The van der Waals surface area contributed by atoms with Gasteiger partial charge in [-0.3, -0.25) is 14.9 Å². The molecular formula is C14H8F3NO3. The van der Waals surface area contributed by atoms with E-state index in [-0.39, 0.29) is 5.56 Å². The number of rotatable bonds is 4. The summed E-state index contributed by atoms with van der Waals surface area (Å²) in [6.45, 7) is 0. The Morgan fingerprint density at radius 2 is 1.76 bits per heavy atom. The number of carbonyl (C=O) groups excluding carboxylic acids is 1. The molecule has 0 aromatic heterocycles. The van der Waals surface area contributed by atoms with E-state index in [0.29, 0.717) is 0 Å². The molecule has 0 bridgehead atoms. The summed E-state index contributed by atoms with van der Waals surface area (Å²) in [6, 6.07) is 5.35. The molecule has 0 radical (unpaired) electrons. The molecule has 0 saturated heterocycles. The summed E-state index contributed by atoms with van der Waals surface area (Å²) < 4.78 is 39.0. The van der Waals surface area contributed by atoms with E-state index in [1.54, 1.807) is 0 Å². The standard InChI is InChI=1S/C14H8F3NO3/c15-9-2-4-13(18(20)21)10(7-9)14(19)6-8-1-3-11(16)12(17)5-8/h1-5,7H,6H2. The number of nitro benzene ring substituents is 1. The van der Waals surface area contributed by atoms with Crippen LogP contribution < -0.4 is 0 Å². The van der Waals surface area contributed by atoms with Crippen molar-refractivity contribution in [1.29, 1.82) is 0 Å². The molecule has 2 aromatic carbocycles. The van der Waals surface area contributed by atoms with Crippen LogP contribution in [0.15, 0.2) is 36.4 Å². The van der Waals surface area contributed by atoms with Crippen LogP contribution in [0.1, 0.15) is 15.9 Å². The minimum atomic E-state index is -1.13. The van der Waals surface area contributed by atoms with Crippen LogP contribution in [0.2, 0.25) is 0 Å². The maximum atomic E-state index is 13.1. The van der Waals surface area contributed by atoms with Gasteiger partial charge in [0.1, 0.15) is 5.82 Å². The lowest BCUT2D eigenvalue weighted by molar-refractivity contribution is -0.385. The number of ketones is 1. The van der Waals surface area contributed by atoms with Gasteiger partial charge in [0.15, 0.2) is 17.4 Å². The quantitative estimate of drug-likeness (QED) is 0.493. The van der Waals surface area contributed by atoms with E-state index in [2.05, 4.69) is 0 Å². The largest absolute Gasteiger partial charge is 0.294 e.